The molecule has 0 unspecified atom stereocenters. The van der Waals surface area contributed by atoms with Crippen molar-refractivity contribution in [1.82, 2.24) is 4.90 Å². The van der Waals surface area contributed by atoms with Gasteiger partial charge >= 0.3 is 0 Å². The average molecular weight is 737 g/mol. The van der Waals surface area contributed by atoms with Gasteiger partial charge in [0.2, 0.25) is 11.8 Å². The molecule has 2 amide bonds. The van der Waals surface area contributed by atoms with Gasteiger partial charge in [-0.1, -0.05) is 61.4 Å². The maximum absolute atomic E-state index is 12.7. The molecule has 11 heteroatoms. The lowest BCUT2D eigenvalue weighted by atomic mass is 9.97. The zero-order valence-electron chi connectivity index (χ0n) is 31.2. The number of methoxy groups -OCH3 is 2. The zero-order valence-corrected chi connectivity index (χ0v) is 31.2. The second-order valence-corrected chi connectivity index (χ2v) is 14.0. The Morgan fingerprint density at radius 3 is 2.13 bits per heavy atom. The summed E-state index contributed by atoms with van der Waals surface area (Å²) in [4.78, 5) is 27.4. The molecule has 0 spiro atoms. The summed E-state index contributed by atoms with van der Waals surface area (Å²) in [5.74, 6) is 1.38. The van der Waals surface area contributed by atoms with Gasteiger partial charge < -0.3 is 40.4 Å². The highest BCUT2D eigenvalue weighted by atomic mass is 16.7. The number of unbranched alkanes of at least 4 members (excludes halogenated alkanes) is 3. The van der Waals surface area contributed by atoms with E-state index in [1.54, 1.807) is 26.4 Å². The first kappa shape index (κ1) is 38.8. The summed E-state index contributed by atoms with van der Waals surface area (Å²) in [6.45, 7) is 2.42. The summed E-state index contributed by atoms with van der Waals surface area (Å²) in [5.41, 5.74) is 13.1. The number of carbonyl (C=O) groups excluding carboxylic acids is 2. The quantitative estimate of drug-likeness (QED) is 0.0688. The molecule has 4 aromatic rings. The van der Waals surface area contributed by atoms with E-state index in [1.807, 2.05) is 60.7 Å². The molecule has 0 bridgehead atoms. The predicted molar refractivity (Wildman–Crippen MR) is 209 cm³/mol. The molecule has 2 heterocycles. The number of ether oxygens (including phenoxy) is 4. The highest BCUT2D eigenvalue weighted by Crippen LogP contribution is 2.39. The smallest absolute Gasteiger partial charge is 0.224 e. The van der Waals surface area contributed by atoms with Crippen LogP contribution < -0.4 is 25.8 Å². The van der Waals surface area contributed by atoms with Crippen LogP contribution in [-0.2, 0) is 38.6 Å². The minimum Gasteiger partial charge on any atom is -0.493 e. The number of para-hydroxylation sites is 2. The first-order valence-corrected chi connectivity index (χ1v) is 18.8. The highest BCUT2D eigenvalue weighted by Gasteiger charge is 2.34. The van der Waals surface area contributed by atoms with Crippen LogP contribution in [0.4, 0.5) is 17.1 Å². The van der Waals surface area contributed by atoms with Gasteiger partial charge in [0.25, 0.3) is 0 Å². The van der Waals surface area contributed by atoms with Gasteiger partial charge in [-0.3, -0.25) is 14.5 Å². The summed E-state index contributed by atoms with van der Waals surface area (Å²) in [6.07, 6.45) is 4.76. The average Bonchev–Trinajstić information content (AvgIpc) is 3.19. The molecule has 286 valence electrons. The van der Waals surface area contributed by atoms with Crippen LogP contribution in [0.1, 0.15) is 85.2 Å². The molecule has 0 saturated carbocycles. The third kappa shape index (κ3) is 10.4. The number of nitrogen functional groups attached to an aromatic ring is 1. The molecule has 1 saturated heterocycles. The van der Waals surface area contributed by atoms with Crippen molar-refractivity contribution in [3.05, 3.63) is 113 Å². The van der Waals surface area contributed by atoms with Crippen molar-refractivity contribution in [2.45, 2.75) is 83.0 Å². The Bertz CT molecular complexity index is 1850. The Kier molecular flexibility index (Phi) is 13.6. The summed E-state index contributed by atoms with van der Waals surface area (Å²) in [6, 6.07) is 26.9. The standard InChI is InChI=1S/C43H52N4O7/c1-51-39-23-32-21-22-47(26-33(32)24-40(39)52-2)27-35-25-38(30-15-13-29(28-48)14-16-30)54-43(53-35)31-17-19-34(20-18-31)45-41(49)11-5-3-4-6-12-42(50)46-37-10-8-7-9-36(37)44/h7-10,13-20,23-24,35,38,43,48H,3-6,11-12,21-22,25-28,44H2,1-2H3,(H,45,49)(H,46,50)/t35-,38+,43+/m0/s1. The van der Waals surface area contributed by atoms with E-state index >= 15 is 0 Å². The zero-order chi connectivity index (χ0) is 37.9. The number of hydrogen-bond acceptors (Lipinski definition) is 9. The number of hydrogen-bond donors (Lipinski definition) is 4. The van der Waals surface area contributed by atoms with Crippen LogP contribution in [0.2, 0.25) is 0 Å². The van der Waals surface area contributed by atoms with Gasteiger partial charge in [-0.05, 0) is 77.9 Å². The van der Waals surface area contributed by atoms with Gasteiger partial charge in [-0.25, -0.2) is 0 Å². The van der Waals surface area contributed by atoms with Crippen LogP contribution in [0.25, 0.3) is 0 Å². The summed E-state index contributed by atoms with van der Waals surface area (Å²) < 4.78 is 24.3. The summed E-state index contributed by atoms with van der Waals surface area (Å²) >= 11 is 0. The molecule has 2 aliphatic rings. The van der Waals surface area contributed by atoms with Gasteiger partial charge in [-0.15, -0.1) is 0 Å². The van der Waals surface area contributed by atoms with E-state index in [9.17, 15) is 14.7 Å². The van der Waals surface area contributed by atoms with Crippen molar-refractivity contribution in [3.63, 3.8) is 0 Å². The Hall–Kier alpha value is -4.94. The van der Waals surface area contributed by atoms with Crippen molar-refractivity contribution in [3.8, 4) is 11.5 Å². The molecule has 6 rings (SSSR count). The van der Waals surface area contributed by atoms with Crippen LogP contribution in [-0.4, -0.2) is 55.2 Å². The fourth-order valence-electron chi connectivity index (χ4n) is 7.11. The largest absolute Gasteiger partial charge is 0.493 e. The minimum absolute atomic E-state index is 0.0116. The number of fused-ring (bicyclic) bond motifs is 1. The van der Waals surface area contributed by atoms with E-state index in [2.05, 4.69) is 27.7 Å². The van der Waals surface area contributed by atoms with Crippen molar-refractivity contribution in [2.24, 2.45) is 0 Å². The molecule has 1 fully saturated rings. The molecular weight excluding hydrogens is 684 g/mol. The lowest BCUT2D eigenvalue weighted by Gasteiger charge is -2.39. The number of benzene rings is 4. The van der Waals surface area contributed by atoms with Gasteiger partial charge in [-0.2, -0.15) is 0 Å². The van der Waals surface area contributed by atoms with Crippen LogP contribution in [0, 0.1) is 0 Å². The van der Waals surface area contributed by atoms with Crippen LogP contribution in [0.3, 0.4) is 0 Å². The van der Waals surface area contributed by atoms with E-state index in [-0.39, 0.29) is 30.6 Å². The summed E-state index contributed by atoms with van der Waals surface area (Å²) in [7, 11) is 3.32. The minimum atomic E-state index is -0.593. The Morgan fingerprint density at radius 2 is 1.46 bits per heavy atom. The summed E-state index contributed by atoms with van der Waals surface area (Å²) in [5, 5.41) is 15.4. The molecule has 0 radical (unpaired) electrons. The lowest BCUT2D eigenvalue weighted by Crippen LogP contribution is -2.41. The molecular formula is C43H52N4O7. The van der Waals surface area contributed by atoms with Crippen molar-refractivity contribution >= 4 is 28.9 Å². The first-order chi connectivity index (χ1) is 26.3. The third-order valence-electron chi connectivity index (χ3n) is 10.1. The normalized spacial score (nSPS) is 18.4. The number of nitrogens with zero attached hydrogens (tertiary/aromatic N) is 1. The molecule has 3 atom stereocenters. The fraction of sp³-hybridized carbons (Fsp3) is 0.395. The second-order valence-electron chi connectivity index (χ2n) is 14.0. The number of aliphatic hydroxyl groups excluding tert-OH is 1. The maximum Gasteiger partial charge on any atom is 0.224 e. The van der Waals surface area contributed by atoms with E-state index in [1.165, 1.54) is 11.1 Å². The van der Waals surface area contributed by atoms with Crippen LogP contribution in [0.15, 0.2) is 84.9 Å². The lowest BCUT2D eigenvalue weighted by molar-refractivity contribution is -0.253. The topological polar surface area (TPSA) is 145 Å². The van der Waals surface area contributed by atoms with Gasteiger partial charge in [0.15, 0.2) is 17.8 Å². The Balaban J connectivity index is 1.01. The molecule has 5 N–H and O–H groups in total. The molecule has 54 heavy (non-hydrogen) atoms. The number of nitrogens with one attached hydrogen (secondary N) is 2. The van der Waals surface area contributed by atoms with Crippen LogP contribution in [0.5, 0.6) is 11.5 Å². The molecule has 2 aliphatic heterocycles. The number of carbonyl (C=O) groups is 2. The number of aliphatic hydroxyl groups is 1. The van der Waals surface area contributed by atoms with Crippen molar-refractivity contribution in [1.29, 1.82) is 0 Å². The maximum atomic E-state index is 12.7. The van der Waals surface area contributed by atoms with Gasteiger partial charge in [0, 0.05) is 50.1 Å². The number of nitrogens with two attached hydrogens (primary N) is 1. The predicted octanol–water partition coefficient (Wildman–Crippen LogP) is 7.30. The second kappa shape index (κ2) is 18.9. The third-order valence-corrected chi connectivity index (χ3v) is 10.1. The molecule has 11 nitrogen and oxygen atoms in total. The first-order valence-electron chi connectivity index (χ1n) is 18.8. The number of anilines is 3. The molecule has 4 aromatic carbocycles. The van der Waals surface area contributed by atoms with E-state index in [0.29, 0.717) is 36.3 Å². The SMILES string of the molecule is COc1cc2c(cc1OC)CN(C[C@@H]1C[C@H](c3ccc(CO)cc3)O[C@H](c3ccc(NC(=O)CCCCCCC(=O)Nc4ccccc4N)cc3)O1)CC2. The molecule has 0 aromatic heterocycles. The number of amides is 2. The van der Waals surface area contributed by atoms with Gasteiger partial charge in [0.05, 0.1) is 44.4 Å². The van der Waals surface area contributed by atoms with Crippen LogP contribution >= 0.6 is 0 Å². The van der Waals surface area contributed by atoms with Crippen molar-refractivity contribution < 1.29 is 33.6 Å². The van der Waals surface area contributed by atoms with E-state index in [4.69, 9.17) is 24.7 Å². The highest BCUT2D eigenvalue weighted by molar-refractivity contribution is 5.93. The number of rotatable bonds is 16. The van der Waals surface area contributed by atoms with E-state index < -0.39 is 6.29 Å². The Morgan fingerprint density at radius 1 is 0.815 bits per heavy atom. The van der Waals surface area contributed by atoms with Gasteiger partial charge in [0.1, 0.15) is 0 Å². The Labute approximate surface area is 317 Å². The fourth-order valence-corrected chi connectivity index (χ4v) is 7.11. The van der Waals surface area contributed by atoms with E-state index in [0.717, 1.165) is 79.9 Å². The monoisotopic (exact) mass is 736 g/mol. The molecule has 0 aliphatic carbocycles. The van der Waals surface area contributed by atoms with Crippen molar-refractivity contribution in [2.75, 3.05) is 43.7 Å².